The summed E-state index contributed by atoms with van der Waals surface area (Å²) in [6.45, 7) is 3.46. The molecule has 2 heterocycles. The molecule has 0 radical (unpaired) electrons. The summed E-state index contributed by atoms with van der Waals surface area (Å²) in [5, 5.41) is 8.78. The second kappa shape index (κ2) is 6.68. The third-order valence-electron chi connectivity index (χ3n) is 4.27. The van der Waals surface area contributed by atoms with E-state index in [4.69, 9.17) is 0 Å². The van der Waals surface area contributed by atoms with E-state index in [1.807, 2.05) is 6.92 Å². The van der Waals surface area contributed by atoms with Gasteiger partial charge in [-0.2, -0.15) is 0 Å². The van der Waals surface area contributed by atoms with Gasteiger partial charge in [-0.25, -0.2) is 13.4 Å². The fraction of sp³-hybridized carbons (Fsp3) is 0.353. The van der Waals surface area contributed by atoms with Crippen molar-refractivity contribution >= 4 is 21.5 Å². The first-order chi connectivity index (χ1) is 11.4. The van der Waals surface area contributed by atoms with Crippen LogP contribution in [0, 0.1) is 6.92 Å². The van der Waals surface area contributed by atoms with Gasteiger partial charge in [0.2, 0.25) is 10.0 Å². The van der Waals surface area contributed by atoms with Crippen LogP contribution >= 0.6 is 0 Å². The van der Waals surface area contributed by atoms with Crippen LogP contribution in [0.25, 0.3) is 0 Å². The Morgan fingerprint density at radius 2 is 1.79 bits per heavy atom. The van der Waals surface area contributed by atoms with Crippen LogP contribution in [0.4, 0.5) is 11.5 Å². The van der Waals surface area contributed by atoms with Crippen LogP contribution in [0.15, 0.2) is 42.6 Å². The first-order valence-electron chi connectivity index (χ1n) is 7.92. The standard InChI is InChI=1S/C17H21N3O3S/c1-13-2-4-14(5-3-13)20-10-8-16(9-11-20)24(22,23)19-17-7-6-15(21)12-18-17/h2-7,12,16,21H,8-11H2,1H3,(H,18,19). The fourth-order valence-corrected chi connectivity index (χ4v) is 4.27. The molecule has 0 spiro atoms. The first kappa shape index (κ1) is 16.6. The molecule has 128 valence electrons. The van der Waals surface area contributed by atoms with Crippen LogP contribution in [0.3, 0.4) is 0 Å². The minimum Gasteiger partial charge on any atom is -0.506 e. The second-order valence-corrected chi connectivity index (χ2v) is 8.03. The monoisotopic (exact) mass is 347 g/mol. The number of nitrogens with one attached hydrogen (secondary N) is 1. The minimum atomic E-state index is -3.48. The highest BCUT2D eigenvalue weighted by molar-refractivity contribution is 7.93. The molecule has 1 aromatic heterocycles. The minimum absolute atomic E-state index is 0.00403. The number of piperidine rings is 1. The van der Waals surface area contributed by atoms with Gasteiger partial charge >= 0.3 is 0 Å². The van der Waals surface area contributed by atoms with Crippen molar-refractivity contribution in [3.05, 3.63) is 48.2 Å². The van der Waals surface area contributed by atoms with Gasteiger partial charge in [0.25, 0.3) is 0 Å². The third kappa shape index (κ3) is 3.79. The Balaban J connectivity index is 1.62. The van der Waals surface area contributed by atoms with E-state index in [1.165, 1.54) is 23.9 Å². The van der Waals surface area contributed by atoms with Crippen molar-refractivity contribution in [1.29, 1.82) is 0 Å². The highest BCUT2D eigenvalue weighted by Gasteiger charge is 2.30. The van der Waals surface area contributed by atoms with E-state index in [2.05, 4.69) is 38.9 Å². The molecule has 1 fully saturated rings. The SMILES string of the molecule is Cc1ccc(N2CCC(S(=O)(=O)Nc3ccc(O)cn3)CC2)cc1. The summed E-state index contributed by atoms with van der Waals surface area (Å²) < 4.78 is 27.5. The zero-order chi connectivity index (χ0) is 17.2. The quantitative estimate of drug-likeness (QED) is 0.888. The lowest BCUT2D eigenvalue weighted by Gasteiger charge is -2.33. The van der Waals surface area contributed by atoms with Crippen molar-refractivity contribution in [3.8, 4) is 5.75 Å². The Kier molecular flexibility index (Phi) is 4.62. The Hall–Kier alpha value is -2.28. The summed E-state index contributed by atoms with van der Waals surface area (Å²) in [5.41, 5.74) is 2.34. The van der Waals surface area contributed by atoms with Gasteiger partial charge in [0.1, 0.15) is 11.6 Å². The molecule has 2 aromatic rings. The number of anilines is 2. The van der Waals surface area contributed by atoms with Gasteiger partial charge in [-0.05, 0) is 44.0 Å². The molecular weight excluding hydrogens is 326 g/mol. The summed E-state index contributed by atoms with van der Waals surface area (Å²) in [6.07, 6.45) is 2.36. The lowest BCUT2D eigenvalue weighted by molar-refractivity contribution is 0.473. The predicted octanol–water partition coefficient (Wildman–Crippen LogP) is 2.51. The topological polar surface area (TPSA) is 82.5 Å². The molecule has 0 saturated carbocycles. The molecule has 0 amide bonds. The molecule has 1 aliphatic heterocycles. The maximum Gasteiger partial charge on any atom is 0.236 e. The Bertz CT molecular complexity index is 781. The molecule has 3 rings (SSSR count). The van der Waals surface area contributed by atoms with E-state index in [0.717, 1.165) is 5.69 Å². The fourth-order valence-electron chi connectivity index (χ4n) is 2.86. The van der Waals surface area contributed by atoms with E-state index < -0.39 is 15.3 Å². The van der Waals surface area contributed by atoms with E-state index in [-0.39, 0.29) is 11.6 Å². The number of rotatable bonds is 4. The van der Waals surface area contributed by atoms with Gasteiger partial charge in [-0.3, -0.25) is 4.72 Å². The van der Waals surface area contributed by atoms with Crippen molar-refractivity contribution in [2.45, 2.75) is 25.0 Å². The zero-order valence-corrected chi connectivity index (χ0v) is 14.3. The molecule has 0 bridgehead atoms. The average Bonchev–Trinajstić information content (AvgIpc) is 2.58. The molecule has 0 atom stereocenters. The molecular formula is C17H21N3O3S. The Morgan fingerprint density at radius 1 is 1.12 bits per heavy atom. The van der Waals surface area contributed by atoms with Crippen molar-refractivity contribution in [2.75, 3.05) is 22.7 Å². The number of aromatic nitrogens is 1. The molecule has 24 heavy (non-hydrogen) atoms. The van der Waals surface area contributed by atoms with E-state index in [0.29, 0.717) is 25.9 Å². The van der Waals surface area contributed by atoms with Crippen LogP contribution < -0.4 is 9.62 Å². The summed E-state index contributed by atoms with van der Waals surface area (Å²) in [5.74, 6) is 0.234. The van der Waals surface area contributed by atoms with Crippen molar-refractivity contribution in [3.63, 3.8) is 0 Å². The maximum atomic E-state index is 12.5. The Morgan fingerprint density at radius 3 is 2.38 bits per heavy atom. The molecule has 1 saturated heterocycles. The van der Waals surface area contributed by atoms with E-state index in [9.17, 15) is 13.5 Å². The number of aromatic hydroxyl groups is 1. The molecule has 7 heteroatoms. The summed E-state index contributed by atoms with van der Waals surface area (Å²) in [6, 6.07) is 11.1. The summed E-state index contributed by atoms with van der Waals surface area (Å²) in [7, 11) is -3.48. The molecule has 6 nitrogen and oxygen atoms in total. The molecule has 1 aromatic carbocycles. The normalized spacial score (nSPS) is 16.1. The van der Waals surface area contributed by atoms with Gasteiger partial charge in [0.15, 0.2) is 0 Å². The number of benzene rings is 1. The van der Waals surface area contributed by atoms with Crippen molar-refractivity contribution in [2.24, 2.45) is 0 Å². The van der Waals surface area contributed by atoms with Gasteiger partial charge in [0, 0.05) is 18.8 Å². The first-order valence-corrected chi connectivity index (χ1v) is 9.47. The predicted molar refractivity (Wildman–Crippen MR) is 94.9 cm³/mol. The van der Waals surface area contributed by atoms with Crippen molar-refractivity contribution < 1.29 is 13.5 Å². The zero-order valence-electron chi connectivity index (χ0n) is 13.5. The van der Waals surface area contributed by atoms with Crippen LogP contribution in [0.2, 0.25) is 0 Å². The van der Waals surface area contributed by atoms with Crippen LogP contribution in [-0.4, -0.2) is 36.8 Å². The van der Waals surface area contributed by atoms with Crippen molar-refractivity contribution in [1.82, 2.24) is 4.98 Å². The van der Waals surface area contributed by atoms with Crippen LogP contribution in [-0.2, 0) is 10.0 Å². The van der Waals surface area contributed by atoms with Crippen LogP contribution in [0.1, 0.15) is 18.4 Å². The number of hydrogen-bond donors (Lipinski definition) is 2. The molecule has 0 unspecified atom stereocenters. The largest absolute Gasteiger partial charge is 0.506 e. The second-order valence-electron chi connectivity index (χ2n) is 6.07. The van der Waals surface area contributed by atoms with Gasteiger partial charge < -0.3 is 10.0 Å². The van der Waals surface area contributed by atoms with Gasteiger partial charge in [0.05, 0.1) is 11.4 Å². The van der Waals surface area contributed by atoms with Crippen LogP contribution in [0.5, 0.6) is 5.75 Å². The van der Waals surface area contributed by atoms with Gasteiger partial charge in [-0.1, -0.05) is 17.7 Å². The molecule has 1 aliphatic rings. The third-order valence-corrected chi connectivity index (χ3v) is 6.12. The highest BCUT2D eigenvalue weighted by Crippen LogP contribution is 2.24. The molecule has 2 N–H and O–H groups in total. The number of nitrogens with zero attached hydrogens (tertiary/aromatic N) is 2. The maximum absolute atomic E-state index is 12.5. The van der Waals surface area contributed by atoms with E-state index >= 15 is 0 Å². The number of sulfonamides is 1. The molecule has 0 aliphatic carbocycles. The van der Waals surface area contributed by atoms with Gasteiger partial charge in [-0.15, -0.1) is 0 Å². The summed E-state index contributed by atoms with van der Waals surface area (Å²) in [4.78, 5) is 6.09. The van der Waals surface area contributed by atoms with E-state index in [1.54, 1.807) is 0 Å². The number of hydrogen-bond acceptors (Lipinski definition) is 5. The lowest BCUT2D eigenvalue weighted by Crippen LogP contribution is -2.41. The number of pyridine rings is 1. The Labute approximate surface area is 142 Å². The summed E-state index contributed by atoms with van der Waals surface area (Å²) >= 11 is 0. The lowest BCUT2D eigenvalue weighted by atomic mass is 10.1. The average molecular weight is 347 g/mol. The number of aryl methyl sites for hydroxylation is 1. The highest BCUT2D eigenvalue weighted by atomic mass is 32.2. The smallest absolute Gasteiger partial charge is 0.236 e.